The van der Waals surface area contributed by atoms with Gasteiger partial charge in [0.25, 0.3) is 0 Å². The van der Waals surface area contributed by atoms with Crippen LogP contribution < -0.4 is 10.8 Å². The molecule has 15 heavy (non-hydrogen) atoms. The van der Waals surface area contributed by atoms with Crippen LogP contribution in [-0.2, 0) is 4.84 Å². The van der Waals surface area contributed by atoms with Gasteiger partial charge in [0.1, 0.15) is 5.82 Å². The lowest BCUT2D eigenvalue weighted by molar-refractivity contribution is 0.126. The van der Waals surface area contributed by atoms with Gasteiger partial charge in [-0.25, -0.2) is 10.3 Å². The summed E-state index contributed by atoms with van der Waals surface area (Å²) in [5.74, 6) is 5.06. The van der Waals surface area contributed by atoms with Gasteiger partial charge in [-0.2, -0.15) is 0 Å². The summed E-state index contributed by atoms with van der Waals surface area (Å²) in [6, 6.07) is 4.90. The van der Waals surface area contributed by atoms with Gasteiger partial charge in [0.05, 0.1) is 6.61 Å². The summed E-state index contributed by atoms with van der Waals surface area (Å²) in [7, 11) is 0. The number of fused-ring (bicyclic) bond motifs is 1. The zero-order valence-electron chi connectivity index (χ0n) is 8.74. The summed E-state index contributed by atoms with van der Waals surface area (Å²) >= 11 is 0. The number of hydrogen-bond acceptors (Lipinski definition) is 3. The van der Waals surface area contributed by atoms with Crippen LogP contribution >= 0.6 is 0 Å². The fourth-order valence-corrected chi connectivity index (χ4v) is 2.16. The Kier molecular flexibility index (Phi) is 2.88. The van der Waals surface area contributed by atoms with Crippen molar-refractivity contribution in [1.82, 2.24) is 0 Å². The number of halogens is 1. The van der Waals surface area contributed by atoms with Crippen LogP contribution in [0.1, 0.15) is 18.4 Å². The van der Waals surface area contributed by atoms with Gasteiger partial charge >= 0.3 is 0 Å². The minimum Gasteiger partial charge on any atom is -0.371 e. The van der Waals surface area contributed by atoms with Crippen LogP contribution in [0.15, 0.2) is 18.2 Å². The van der Waals surface area contributed by atoms with Crippen molar-refractivity contribution in [2.24, 2.45) is 5.90 Å². The number of hydrogen-bond donors (Lipinski definition) is 1. The zero-order valence-corrected chi connectivity index (χ0v) is 8.74. The molecule has 1 aliphatic heterocycles. The third kappa shape index (κ3) is 1.82. The fourth-order valence-electron chi connectivity index (χ4n) is 2.16. The minimum atomic E-state index is -0.200. The highest BCUT2D eigenvalue weighted by atomic mass is 19.1. The van der Waals surface area contributed by atoms with E-state index in [2.05, 4.69) is 16.7 Å². The molecule has 1 atom stereocenters. The molecule has 3 nitrogen and oxygen atoms in total. The van der Waals surface area contributed by atoms with E-state index in [-0.39, 0.29) is 11.7 Å². The summed E-state index contributed by atoms with van der Waals surface area (Å²) in [6.45, 7) is 4.29. The number of nitrogens with zero attached hydrogens (tertiary/aromatic N) is 1. The van der Waals surface area contributed by atoms with Crippen LogP contribution in [0.25, 0.3) is 0 Å². The minimum absolute atomic E-state index is 0.181. The van der Waals surface area contributed by atoms with Crippen LogP contribution in [0.2, 0.25) is 0 Å². The van der Waals surface area contributed by atoms with Crippen LogP contribution in [-0.4, -0.2) is 19.7 Å². The molecule has 1 aromatic rings. The second kappa shape index (κ2) is 4.16. The summed E-state index contributed by atoms with van der Waals surface area (Å²) in [4.78, 5) is 6.87. The maximum Gasteiger partial charge on any atom is 0.123 e. The van der Waals surface area contributed by atoms with Gasteiger partial charge in [-0.1, -0.05) is 0 Å². The van der Waals surface area contributed by atoms with Crippen LogP contribution in [0.5, 0.6) is 0 Å². The second-order valence-electron chi connectivity index (χ2n) is 3.77. The molecule has 0 aliphatic carbocycles. The van der Waals surface area contributed by atoms with Crippen molar-refractivity contribution in [2.75, 3.05) is 24.6 Å². The van der Waals surface area contributed by atoms with E-state index in [0.29, 0.717) is 6.61 Å². The van der Waals surface area contributed by atoms with Gasteiger partial charge < -0.3 is 9.74 Å². The number of nitrogens with two attached hydrogens (primary N) is 1. The number of anilines is 1. The highest BCUT2D eigenvalue weighted by Gasteiger charge is 2.27. The van der Waals surface area contributed by atoms with E-state index in [1.165, 1.54) is 6.07 Å². The normalized spacial score (nSPS) is 19.4. The molecular formula is C11H15FN2O. The molecular weight excluding hydrogens is 195 g/mol. The third-order valence-electron chi connectivity index (χ3n) is 2.89. The lowest BCUT2D eigenvalue weighted by atomic mass is 10.0. The van der Waals surface area contributed by atoms with E-state index in [9.17, 15) is 4.39 Å². The predicted octanol–water partition coefficient (Wildman–Crippen LogP) is 1.64. The van der Waals surface area contributed by atoms with Crippen LogP contribution in [0, 0.1) is 5.82 Å². The molecule has 4 heteroatoms. The lowest BCUT2D eigenvalue weighted by Crippen LogP contribution is -2.23. The third-order valence-corrected chi connectivity index (χ3v) is 2.89. The molecule has 1 unspecified atom stereocenters. The Morgan fingerprint density at radius 2 is 2.40 bits per heavy atom. The Balaban J connectivity index is 2.34. The molecule has 2 N–H and O–H groups in total. The first-order valence-corrected chi connectivity index (χ1v) is 5.12. The molecule has 82 valence electrons. The van der Waals surface area contributed by atoms with Gasteiger partial charge in [0.2, 0.25) is 0 Å². The van der Waals surface area contributed by atoms with Crippen LogP contribution in [0.4, 0.5) is 10.1 Å². The monoisotopic (exact) mass is 210 g/mol. The van der Waals surface area contributed by atoms with Crippen molar-refractivity contribution in [3.05, 3.63) is 29.6 Å². The Labute approximate surface area is 88.6 Å². The van der Waals surface area contributed by atoms with E-state index in [4.69, 9.17) is 5.90 Å². The molecule has 0 saturated carbocycles. The van der Waals surface area contributed by atoms with Crippen molar-refractivity contribution in [2.45, 2.75) is 12.8 Å². The van der Waals surface area contributed by atoms with Crippen molar-refractivity contribution in [3.8, 4) is 0 Å². The number of benzene rings is 1. The largest absolute Gasteiger partial charge is 0.371 e. The number of rotatable bonds is 3. The van der Waals surface area contributed by atoms with Gasteiger partial charge in [0.15, 0.2) is 0 Å². The average molecular weight is 210 g/mol. The predicted molar refractivity (Wildman–Crippen MR) is 57.2 cm³/mol. The van der Waals surface area contributed by atoms with E-state index < -0.39 is 0 Å². The Morgan fingerprint density at radius 1 is 1.60 bits per heavy atom. The maximum absolute atomic E-state index is 13.1. The Hall–Kier alpha value is -1.13. The second-order valence-corrected chi connectivity index (χ2v) is 3.77. The summed E-state index contributed by atoms with van der Waals surface area (Å²) in [6.07, 6.45) is 0. The van der Waals surface area contributed by atoms with E-state index in [1.807, 2.05) is 6.07 Å². The molecule has 1 aliphatic rings. The maximum atomic E-state index is 13.1. The van der Waals surface area contributed by atoms with Crippen molar-refractivity contribution >= 4 is 5.69 Å². The molecule has 0 bridgehead atoms. The van der Waals surface area contributed by atoms with Crippen molar-refractivity contribution in [3.63, 3.8) is 0 Å². The molecule has 2 rings (SSSR count). The van der Waals surface area contributed by atoms with Gasteiger partial charge in [-0.05, 0) is 30.7 Å². The molecule has 0 aromatic heterocycles. The topological polar surface area (TPSA) is 38.5 Å². The molecule has 1 heterocycles. The first-order valence-electron chi connectivity index (χ1n) is 5.12. The highest BCUT2D eigenvalue weighted by Crippen LogP contribution is 2.36. The first kappa shape index (κ1) is 10.4. The van der Waals surface area contributed by atoms with Crippen molar-refractivity contribution < 1.29 is 9.23 Å². The first-order chi connectivity index (χ1) is 7.26. The summed E-state index contributed by atoms with van der Waals surface area (Å²) < 4.78 is 13.1. The fraction of sp³-hybridized carbons (Fsp3) is 0.455. The molecule has 1 aromatic carbocycles. The van der Waals surface area contributed by atoms with Crippen LogP contribution in [0.3, 0.4) is 0 Å². The summed E-state index contributed by atoms with van der Waals surface area (Å²) in [5, 5.41) is 0. The van der Waals surface area contributed by atoms with Gasteiger partial charge in [-0.3, -0.25) is 0 Å². The number of likely N-dealkylation sites (N-methyl/N-ethyl adjacent to an activating group) is 1. The van der Waals surface area contributed by atoms with Crippen molar-refractivity contribution in [1.29, 1.82) is 0 Å². The smallest absolute Gasteiger partial charge is 0.123 e. The molecule has 0 spiro atoms. The average Bonchev–Trinajstić information content (AvgIpc) is 2.57. The highest BCUT2D eigenvalue weighted by molar-refractivity contribution is 5.60. The Bertz CT molecular complexity index is 356. The van der Waals surface area contributed by atoms with E-state index >= 15 is 0 Å². The SMILES string of the molecule is CCN1CC(CON)c2cc(F)ccc21. The summed E-state index contributed by atoms with van der Waals surface area (Å²) in [5.41, 5.74) is 2.10. The zero-order chi connectivity index (χ0) is 10.8. The van der Waals surface area contributed by atoms with E-state index in [1.54, 1.807) is 6.07 Å². The molecule has 0 amide bonds. The molecule has 0 saturated heterocycles. The molecule has 0 radical (unpaired) electrons. The quantitative estimate of drug-likeness (QED) is 0.771. The van der Waals surface area contributed by atoms with Gasteiger partial charge in [-0.15, -0.1) is 0 Å². The Morgan fingerprint density at radius 3 is 3.07 bits per heavy atom. The standard InChI is InChI=1S/C11H15FN2O/c1-2-14-6-8(7-15-13)10-5-9(12)3-4-11(10)14/h3-5,8H,2,6-7,13H2,1H3. The molecule has 0 fully saturated rings. The van der Waals surface area contributed by atoms with Gasteiger partial charge in [0, 0.05) is 24.7 Å². The lowest BCUT2D eigenvalue weighted by Gasteiger charge is -2.16. The van der Waals surface area contributed by atoms with E-state index in [0.717, 1.165) is 24.3 Å².